The summed E-state index contributed by atoms with van der Waals surface area (Å²) in [6, 6.07) is 9.48. The average Bonchev–Trinajstić information content (AvgIpc) is 2.19. The first-order valence-corrected chi connectivity index (χ1v) is 4.12. The van der Waals surface area contributed by atoms with Crippen molar-refractivity contribution in [1.82, 2.24) is 0 Å². The van der Waals surface area contributed by atoms with Gasteiger partial charge in [-0.15, -0.1) is 0 Å². The smallest absolute Gasteiger partial charge is 0.145 e. The van der Waals surface area contributed by atoms with Gasteiger partial charge in [0, 0.05) is 0 Å². The van der Waals surface area contributed by atoms with Crippen molar-refractivity contribution in [3.8, 4) is 5.75 Å². The number of aldehydes is 1. The minimum absolute atomic E-state index is 0.137. The van der Waals surface area contributed by atoms with Gasteiger partial charge < -0.3 is 14.3 Å². The van der Waals surface area contributed by atoms with Gasteiger partial charge in [-0.25, -0.2) is 0 Å². The van der Waals surface area contributed by atoms with Crippen LogP contribution in [0.1, 0.15) is 0 Å². The van der Waals surface area contributed by atoms with Crippen molar-refractivity contribution in [3.63, 3.8) is 0 Å². The monoisotopic (exact) mass is 180 g/mol. The van der Waals surface area contributed by atoms with Gasteiger partial charge >= 0.3 is 0 Å². The molecule has 0 fully saturated rings. The summed E-state index contributed by atoms with van der Waals surface area (Å²) in [6.07, 6.45) is 0.725. The Morgan fingerprint density at radius 1 is 1.15 bits per heavy atom. The second-order valence-corrected chi connectivity index (χ2v) is 2.40. The van der Waals surface area contributed by atoms with E-state index in [1.54, 1.807) is 0 Å². The van der Waals surface area contributed by atoms with Crippen LogP contribution in [-0.2, 0) is 9.53 Å². The summed E-state index contributed by atoms with van der Waals surface area (Å²) >= 11 is 0. The first kappa shape index (κ1) is 9.74. The van der Waals surface area contributed by atoms with E-state index in [1.165, 1.54) is 0 Å². The third kappa shape index (κ3) is 4.28. The van der Waals surface area contributed by atoms with Gasteiger partial charge in [0.25, 0.3) is 0 Å². The van der Waals surface area contributed by atoms with Gasteiger partial charge in [0.15, 0.2) is 0 Å². The Morgan fingerprint density at radius 3 is 2.62 bits per heavy atom. The molecule has 3 heteroatoms. The Balaban J connectivity index is 2.10. The van der Waals surface area contributed by atoms with E-state index < -0.39 is 0 Å². The van der Waals surface area contributed by atoms with Crippen LogP contribution in [0, 0.1) is 0 Å². The van der Waals surface area contributed by atoms with Crippen LogP contribution in [0.25, 0.3) is 0 Å². The average molecular weight is 180 g/mol. The maximum absolute atomic E-state index is 9.87. The fourth-order valence-corrected chi connectivity index (χ4v) is 0.867. The van der Waals surface area contributed by atoms with Crippen LogP contribution in [0.15, 0.2) is 30.3 Å². The van der Waals surface area contributed by atoms with Crippen LogP contribution in [0.3, 0.4) is 0 Å². The topological polar surface area (TPSA) is 35.5 Å². The minimum atomic E-state index is 0.137. The van der Waals surface area contributed by atoms with Crippen LogP contribution in [0.2, 0.25) is 0 Å². The van der Waals surface area contributed by atoms with E-state index in [0.29, 0.717) is 13.2 Å². The number of hydrogen-bond acceptors (Lipinski definition) is 3. The predicted octanol–water partition coefficient (Wildman–Crippen LogP) is 1.28. The number of hydrogen-bond donors (Lipinski definition) is 0. The van der Waals surface area contributed by atoms with Gasteiger partial charge in [-0.05, 0) is 12.1 Å². The highest BCUT2D eigenvalue weighted by atomic mass is 16.5. The molecule has 0 bridgehead atoms. The first-order valence-electron chi connectivity index (χ1n) is 4.12. The molecule has 0 amide bonds. The van der Waals surface area contributed by atoms with Gasteiger partial charge in [0.1, 0.15) is 25.2 Å². The van der Waals surface area contributed by atoms with Crippen molar-refractivity contribution in [2.75, 3.05) is 19.8 Å². The predicted molar refractivity (Wildman–Crippen MR) is 48.8 cm³/mol. The second-order valence-electron chi connectivity index (χ2n) is 2.40. The molecule has 0 heterocycles. The summed E-state index contributed by atoms with van der Waals surface area (Å²) in [5.41, 5.74) is 0. The molecule has 1 rings (SSSR count). The molecule has 0 atom stereocenters. The van der Waals surface area contributed by atoms with Gasteiger partial charge in [-0.1, -0.05) is 18.2 Å². The van der Waals surface area contributed by atoms with Crippen molar-refractivity contribution >= 4 is 6.29 Å². The van der Waals surface area contributed by atoms with Gasteiger partial charge in [0.05, 0.1) is 6.61 Å². The highest BCUT2D eigenvalue weighted by Gasteiger charge is 1.90. The lowest BCUT2D eigenvalue weighted by molar-refractivity contribution is -0.112. The number of carbonyl (C=O) groups is 1. The largest absolute Gasteiger partial charge is 0.491 e. The maximum atomic E-state index is 9.87. The molecule has 70 valence electrons. The van der Waals surface area contributed by atoms with E-state index in [0.717, 1.165) is 12.0 Å². The van der Waals surface area contributed by atoms with Crippen molar-refractivity contribution in [2.45, 2.75) is 0 Å². The van der Waals surface area contributed by atoms with Crippen LogP contribution >= 0.6 is 0 Å². The molecule has 0 unspecified atom stereocenters. The molecule has 0 aliphatic rings. The quantitative estimate of drug-likeness (QED) is 0.488. The summed E-state index contributed by atoms with van der Waals surface area (Å²) in [5.74, 6) is 0.817. The minimum Gasteiger partial charge on any atom is -0.491 e. The molecule has 1 aromatic carbocycles. The lowest BCUT2D eigenvalue weighted by Crippen LogP contribution is -2.07. The first-order chi connectivity index (χ1) is 6.43. The van der Waals surface area contributed by atoms with Crippen LogP contribution < -0.4 is 4.74 Å². The van der Waals surface area contributed by atoms with E-state index in [9.17, 15) is 4.79 Å². The number of rotatable bonds is 6. The molecule has 0 aliphatic carbocycles. The van der Waals surface area contributed by atoms with E-state index in [-0.39, 0.29) is 6.61 Å². The standard InChI is InChI=1S/C10H12O3/c11-6-7-12-8-9-13-10-4-2-1-3-5-10/h1-6H,7-9H2. The highest BCUT2D eigenvalue weighted by Crippen LogP contribution is 2.07. The second kappa shape index (κ2) is 6.20. The highest BCUT2D eigenvalue weighted by molar-refractivity contribution is 5.50. The van der Waals surface area contributed by atoms with Crippen LogP contribution in [-0.4, -0.2) is 26.1 Å². The van der Waals surface area contributed by atoms with Gasteiger partial charge in [-0.2, -0.15) is 0 Å². The molecule has 0 spiro atoms. The zero-order valence-electron chi connectivity index (χ0n) is 7.31. The van der Waals surface area contributed by atoms with Crippen molar-refractivity contribution in [3.05, 3.63) is 30.3 Å². The van der Waals surface area contributed by atoms with E-state index in [1.807, 2.05) is 30.3 Å². The zero-order chi connectivity index (χ0) is 9.36. The molecule has 0 radical (unpaired) electrons. The van der Waals surface area contributed by atoms with E-state index in [4.69, 9.17) is 9.47 Å². The molecular weight excluding hydrogens is 168 g/mol. The van der Waals surface area contributed by atoms with E-state index in [2.05, 4.69) is 0 Å². The SMILES string of the molecule is O=CCOCCOc1ccccc1. The molecule has 0 saturated carbocycles. The normalized spacial score (nSPS) is 9.54. The third-order valence-corrected chi connectivity index (χ3v) is 1.43. The Bertz CT molecular complexity index is 233. The maximum Gasteiger partial charge on any atom is 0.145 e. The Labute approximate surface area is 77.3 Å². The number of ether oxygens (including phenoxy) is 2. The molecule has 0 aliphatic heterocycles. The Morgan fingerprint density at radius 2 is 1.92 bits per heavy atom. The fraction of sp³-hybridized carbons (Fsp3) is 0.300. The summed E-state index contributed by atoms with van der Waals surface area (Å²) < 4.78 is 10.2. The summed E-state index contributed by atoms with van der Waals surface area (Å²) in [4.78, 5) is 9.87. The summed E-state index contributed by atoms with van der Waals surface area (Å²) in [6.45, 7) is 1.05. The third-order valence-electron chi connectivity index (χ3n) is 1.43. The van der Waals surface area contributed by atoms with Crippen molar-refractivity contribution in [2.24, 2.45) is 0 Å². The zero-order valence-corrected chi connectivity index (χ0v) is 7.31. The molecular formula is C10H12O3. The summed E-state index contributed by atoms with van der Waals surface area (Å²) in [5, 5.41) is 0. The van der Waals surface area contributed by atoms with E-state index >= 15 is 0 Å². The lowest BCUT2D eigenvalue weighted by atomic mass is 10.3. The number of benzene rings is 1. The summed E-state index contributed by atoms with van der Waals surface area (Å²) in [7, 11) is 0. The molecule has 0 N–H and O–H groups in total. The molecule has 3 nitrogen and oxygen atoms in total. The molecule has 13 heavy (non-hydrogen) atoms. The Kier molecular flexibility index (Phi) is 4.64. The molecule has 0 saturated heterocycles. The Hall–Kier alpha value is -1.35. The lowest BCUT2D eigenvalue weighted by Gasteiger charge is -2.04. The van der Waals surface area contributed by atoms with Gasteiger partial charge in [-0.3, -0.25) is 0 Å². The fourth-order valence-electron chi connectivity index (χ4n) is 0.867. The molecule has 0 aromatic heterocycles. The van der Waals surface area contributed by atoms with Gasteiger partial charge in [0.2, 0.25) is 0 Å². The molecule has 1 aromatic rings. The van der Waals surface area contributed by atoms with Crippen LogP contribution in [0.4, 0.5) is 0 Å². The van der Waals surface area contributed by atoms with Crippen LogP contribution in [0.5, 0.6) is 5.75 Å². The van der Waals surface area contributed by atoms with Crippen molar-refractivity contribution in [1.29, 1.82) is 0 Å². The number of carbonyl (C=O) groups excluding carboxylic acids is 1. The number of para-hydroxylation sites is 1. The van der Waals surface area contributed by atoms with Crippen molar-refractivity contribution < 1.29 is 14.3 Å².